The van der Waals surface area contributed by atoms with Crippen molar-refractivity contribution >= 4 is 46.4 Å². The molecule has 24 heavy (non-hydrogen) atoms. The molecule has 0 bridgehead atoms. The summed E-state index contributed by atoms with van der Waals surface area (Å²) >= 11 is 24.7. The van der Waals surface area contributed by atoms with Gasteiger partial charge in [0.05, 0.1) is 15.4 Å². The SMILES string of the molecule is Clc1cc(Cl)c(Oc2ccc(C(Cl)c3ccccc3)cc2)c(Cl)c1. The second-order valence-electron chi connectivity index (χ2n) is 5.14. The van der Waals surface area contributed by atoms with Gasteiger partial charge in [-0.15, -0.1) is 11.6 Å². The average Bonchev–Trinajstić information content (AvgIpc) is 2.59. The summed E-state index contributed by atoms with van der Waals surface area (Å²) in [6.45, 7) is 0. The Labute approximate surface area is 160 Å². The maximum Gasteiger partial charge on any atom is 0.164 e. The molecule has 0 heterocycles. The quantitative estimate of drug-likeness (QED) is 0.408. The van der Waals surface area contributed by atoms with Crippen molar-refractivity contribution < 1.29 is 4.74 Å². The van der Waals surface area contributed by atoms with Crippen LogP contribution in [0.1, 0.15) is 16.5 Å². The third-order valence-corrected chi connectivity index (χ3v) is 4.73. The van der Waals surface area contributed by atoms with Crippen molar-refractivity contribution in [3.63, 3.8) is 0 Å². The van der Waals surface area contributed by atoms with E-state index in [1.54, 1.807) is 12.1 Å². The Bertz CT molecular complexity index is 809. The Kier molecular flexibility index (Phi) is 5.57. The van der Waals surface area contributed by atoms with E-state index < -0.39 is 0 Å². The molecule has 0 spiro atoms. The van der Waals surface area contributed by atoms with Crippen LogP contribution in [0.2, 0.25) is 15.1 Å². The molecular formula is C19H12Cl4O. The molecule has 0 fully saturated rings. The monoisotopic (exact) mass is 396 g/mol. The topological polar surface area (TPSA) is 9.23 Å². The fourth-order valence-electron chi connectivity index (χ4n) is 2.26. The van der Waals surface area contributed by atoms with Crippen LogP contribution in [0.15, 0.2) is 66.7 Å². The minimum atomic E-state index is -0.219. The first-order valence-corrected chi connectivity index (χ1v) is 8.73. The molecule has 1 nitrogen and oxygen atoms in total. The first-order chi connectivity index (χ1) is 11.5. The van der Waals surface area contributed by atoms with Crippen molar-refractivity contribution in [1.29, 1.82) is 0 Å². The molecule has 0 aliphatic rings. The number of alkyl halides is 1. The molecule has 5 heteroatoms. The lowest BCUT2D eigenvalue weighted by Crippen LogP contribution is -1.93. The van der Waals surface area contributed by atoms with E-state index >= 15 is 0 Å². The molecule has 0 aliphatic carbocycles. The van der Waals surface area contributed by atoms with E-state index in [4.69, 9.17) is 51.1 Å². The normalized spacial score (nSPS) is 12.0. The zero-order chi connectivity index (χ0) is 17.1. The second kappa shape index (κ2) is 7.67. The molecule has 0 aromatic heterocycles. The first-order valence-electron chi connectivity index (χ1n) is 7.16. The maximum absolute atomic E-state index is 6.51. The van der Waals surface area contributed by atoms with Gasteiger partial charge in [-0.05, 0) is 35.4 Å². The fraction of sp³-hybridized carbons (Fsp3) is 0.0526. The van der Waals surface area contributed by atoms with E-state index in [0.717, 1.165) is 11.1 Å². The Morgan fingerprint density at radius 3 is 1.83 bits per heavy atom. The molecule has 0 amide bonds. The molecule has 0 saturated carbocycles. The van der Waals surface area contributed by atoms with Gasteiger partial charge in [-0.3, -0.25) is 0 Å². The molecule has 3 rings (SSSR count). The zero-order valence-corrected chi connectivity index (χ0v) is 15.4. The summed E-state index contributed by atoms with van der Waals surface area (Å²) in [5.41, 5.74) is 2.01. The molecule has 1 atom stereocenters. The average molecular weight is 398 g/mol. The van der Waals surface area contributed by atoms with Gasteiger partial charge in [0.25, 0.3) is 0 Å². The molecule has 3 aromatic rings. The van der Waals surface area contributed by atoms with Crippen molar-refractivity contribution in [2.45, 2.75) is 5.38 Å². The molecule has 0 N–H and O–H groups in total. The van der Waals surface area contributed by atoms with E-state index in [1.165, 1.54) is 0 Å². The van der Waals surface area contributed by atoms with Crippen LogP contribution < -0.4 is 4.74 Å². The third kappa shape index (κ3) is 3.99. The Morgan fingerprint density at radius 2 is 1.25 bits per heavy atom. The van der Waals surface area contributed by atoms with Gasteiger partial charge >= 0.3 is 0 Å². The lowest BCUT2D eigenvalue weighted by Gasteiger charge is -2.13. The summed E-state index contributed by atoms with van der Waals surface area (Å²) in [7, 11) is 0. The molecular weight excluding hydrogens is 386 g/mol. The van der Waals surface area contributed by atoms with Gasteiger partial charge in [-0.2, -0.15) is 0 Å². The Balaban J connectivity index is 1.81. The minimum absolute atomic E-state index is 0.219. The van der Waals surface area contributed by atoms with Crippen LogP contribution in [0, 0.1) is 0 Å². The van der Waals surface area contributed by atoms with Crippen LogP contribution in [-0.4, -0.2) is 0 Å². The van der Waals surface area contributed by atoms with Crippen molar-refractivity contribution in [2.24, 2.45) is 0 Å². The van der Waals surface area contributed by atoms with Crippen LogP contribution in [0.4, 0.5) is 0 Å². The lowest BCUT2D eigenvalue weighted by atomic mass is 10.0. The van der Waals surface area contributed by atoms with Gasteiger partial charge in [-0.1, -0.05) is 77.3 Å². The van der Waals surface area contributed by atoms with Crippen molar-refractivity contribution in [3.05, 3.63) is 92.9 Å². The fourth-order valence-corrected chi connectivity index (χ4v) is 3.45. The molecule has 0 saturated heterocycles. The van der Waals surface area contributed by atoms with Gasteiger partial charge < -0.3 is 4.74 Å². The third-order valence-electron chi connectivity index (χ3n) is 3.45. The van der Waals surface area contributed by atoms with Crippen LogP contribution in [0.3, 0.4) is 0 Å². The molecule has 3 aromatic carbocycles. The summed E-state index contributed by atoms with van der Waals surface area (Å²) < 4.78 is 5.77. The highest BCUT2D eigenvalue weighted by molar-refractivity contribution is 6.40. The number of hydrogen-bond acceptors (Lipinski definition) is 1. The number of benzene rings is 3. The number of ether oxygens (including phenoxy) is 1. The Morgan fingerprint density at radius 1 is 0.708 bits per heavy atom. The van der Waals surface area contributed by atoms with Crippen LogP contribution in [0.25, 0.3) is 0 Å². The van der Waals surface area contributed by atoms with Gasteiger partial charge in [0.15, 0.2) is 5.75 Å². The van der Waals surface area contributed by atoms with Crippen molar-refractivity contribution in [1.82, 2.24) is 0 Å². The summed E-state index contributed by atoms with van der Waals surface area (Å²) in [6.07, 6.45) is 0. The Hall–Kier alpha value is -1.38. The van der Waals surface area contributed by atoms with E-state index in [0.29, 0.717) is 26.6 Å². The van der Waals surface area contributed by atoms with E-state index in [2.05, 4.69) is 0 Å². The van der Waals surface area contributed by atoms with Crippen molar-refractivity contribution in [2.75, 3.05) is 0 Å². The summed E-state index contributed by atoms with van der Waals surface area (Å²) in [5, 5.41) is 0.954. The molecule has 1 unspecified atom stereocenters. The highest BCUT2D eigenvalue weighted by Crippen LogP contribution is 2.39. The predicted molar refractivity (Wildman–Crippen MR) is 102 cm³/mol. The largest absolute Gasteiger partial charge is 0.454 e. The molecule has 122 valence electrons. The lowest BCUT2D eigenvalue weighted by molar-refractivity contribution is 0.483. The predicted octanol–water partition coefficient (Wildman–Crippen LogP) is 7.77. The van der Waals surface area contributed by atoms with Crippen LogP contribution >= 0.6 is 46.4 Å². The van der Waals surface area contributed by atoms with Gasteiger partial charge in [-0.25, -0.2) is 0 Å². The number of rotatable bonds is 4. The molecule has 0 radical (unpaired) electrons. The highest BCUT2D eigenvalue weighted by Gasteiger charge is 2.13. The number of halogens is 4. The van der Waals surface area contributed by atoms with E-state index in [1.807, 2.05) is 54.6 Å². The maximum atomic E-state index is 6.51. The van der Waals surface area contributed by atoms with Gasteiger partial charge in [0.2, 0.25) is 0 Å². The van der Waals surface area contributed by atoms with E-state index in [-0.39, 0.29) is 5.38 Å². The van der Waals surface area contributed by atoms with Crippen molar-refractivity contribution in [3.8, 4) is 11.5 Å². The zero-order valence-electron chi connectivity index (χ0n) is 12.3. The van der Waals surface area contributed by atoms with E-state index in [9.17, 15) is 0 Å². The number of hydrogen-bond donors (Lipinski definition) is 0. The standard InChI is InChI=1S/C19H12Cl4O/c20-14-10-16(21)19(17(22)11-14)24-15-8-6-13(7-9-15)18(23)12-4-2-1-3-5-12/h1-11,18H. The molecule has 0 aliphatic heterocycles. The second-order valence-corrected chi connectivity index (χ2v) is 6.83. The summed E-state index contributed by atoms with van der Waals surface area (Å²) in [5.74, 6) is 0.989. The summed E-state index contributed by atoms with van der Waals surface area (Å²) in [4.78, 5) is 0. The first kappa shape index (κ1) is 17.4. The van der Waals surface area contributed by atoms with Gasteiger partial charge in [0.1, 0.15) is 5.75 Å². The minimum Gasteiger partial charge on any atom is -0.454 e. The smallest absolute Gasteiger partial charge is 0.164 e. The van der Waals surface area contributed by atoms with Crippen LogP contribution in [0.5, 0.6) is 11.5 Å². The summed E-state index contributed by atoms with van der Waals surface area (Å²) in [6, 6.07) is 20.5. The van der Waals surface area contributed by atoms with Gasteiger partial charge in [0, 0.05) is 5.02 Å². The van der Waals surface area contributed by atoms with Crippen LogP contribution in [-0.2, 0) is 0 Å². The highest BCUT2D eigenvalue weighted by atomic mass is 35.5.